The average molecular weight is 296 g/mol. The quantitative estimate of drug-likeness (QED) is 0.861. The standard InChI is InChI=1S/C17H20N4O/c22-17(14-6-2-1-3-7-14)19-10-15-8-4-5-9-16(15)11-21-13-18-12-20-21/h1-2,4-5,8-9,12-14H,3,6-7,10-11H2,(H,19,22). The fraction of sp³-hybridized carbons (Fsp3) is 0.353. The number of benzene rings is 1. The van der Waals surface area contributed by atoms with E-state index in [1.807, 2.05) is 18.2 Å². The monoisotopic (exact) mass is 296 g/mol. The molecule has 5 nitrogen and oxygen atoms in total. The molecule has 1 atom stereocenters. The van der Waals surface area contributed by atoms with Crippen molar-refractivity contribution in [2.45, 2.75) is 32.4 Å². The van der Waals surface area contributed by atoms with Gasteiger partial charge in [0.05, 0.1) is 6.54 Å². The molecule has 1 aliphatic carbocycles. The third-order valence-electron chi connectivity index (χ3n) is 4.01. The van der Waals surface area contributed by atoms with Crippen LogP contribution in [0.2, 0.25) is 0 Å². The SMILES string of the molecule is O=C(NCc1ccccc1Cn1cncn1)C1CC=CCC1. The molecule has 1 unspecified atom stereocenters. The maximum absolute atomic E-state index is 12.2. The molecule has 0 radical (unpaired) electrons. The van der Waals surface area contributed by atoms with Crippen LogP contribution in [-0.4, -0.2) is 20.7 Å². The zero-order valence-corrected chi connectivity index (χ0v) is 12.5. The smallest absolute Gasteiger partial charge is 0.223 e. The summed E-state index contributed by atoms with van der Waals surface area (Å²) in [6, 6.07) is 8.11. The highest BCUT2D eigenvalue weighted by Crippen LogP contribution is 2.18. The lowest BCUT2D eigenvalue weighted by atomic mass is 9.93. The molecule has 0 bridgehead atoms. The number of carbonyl (C=O) groups excluding carboxylic acids is 1. The van der Waals surface area contributed by atoms with Crippen LogP contribution in [0.4, 0.5) is 0 Å². The Morgan fingerprint density at radius 3 is 2.86 bits per heavy atom. The summed E-state index contributed by atoms with van der Waals surface area (Å²) in [5.74, 6) is 0.271. The molecule has 3 rings (SSSR count). The molecular weight excluding hydrogens is 276 g/mol. The highest BCUT2D eigenvalue weighted by molar-refractivity contribution is 5.79. The first-order chi connectivity index (χ1) is 10.8. The third-order valence-corrected chi connectivity index (χ3v) is 4.01. The lowest BCUT2D eigenvalue weighted by molar-refractivity contribution is -0.125. The Morgan fingerprint density at radius 2 is 2.14 bits per heavy atom. The summed E-state index contributed by atoms with van der Waals surface area (Å²) in [5.41, 5.74) is 2.27. The lowest BCUT2D eigenvalue weighted by Crippen LogP contribution is -2.31. The minimum atomic E-state index is 0.118. The van der Waals surface area contributed by atoms with Gasteiger partial charge in [-0.2, -0.15) is 5.10 Å². The van der Waals surface area contributed by atoms with E-state index in [-0.39, 0.29) is 11.8 Å². The predicted molar refractivity (Wildman–Crippen MR) is 83.9 cm³/mol. The van der Waals surface area contributed by atoms with Gasteiger partial charge in [-0.3, -0.25) is 4.79 Å². The Labute approximate surface area is 130 Å². The number of hydrogen-bond acceptors (Lipinski definition) is 3. The molecule has 0 saturated heterocycles. The Balaban J connectivity index is 1.62. The first-order valence-electron chi connectivity index (χ1n) is 7.65. The van der Waals surface area contributed by atoms with Gasteiger partial charge in [-0.1, -0.05) is 36.4 Å². The van der Waals surface area contributed by atoms with Crippen molar-refractivity contribution in [2.24, 2.45) is 5.92 Å². The third kappa shape index (κ3) is 3.61. The predicted octanol–water partition coefficient (Wildman–Crippen LogP) is 2.30. The first kappa shape index (κ1) is 14.5. The lowest BCUT2D eigenvalue weighted by Gasteiger charge is -2.18. The summed E-state index contributed by atoms with van der Waals surface area (Å²) in [7, 11) is 0. The molecule has 1 aromatic heterocycles. The second-order valence-corrected chi connectivity index (χ2v) is 5.56. The van der Waals surface area contributed by atoms with E-state index in [2.05, 4.69) is 33.6 Å². The zero-order valence-electron chi connectivity index (χ0n) is 12.5. The molecule has 0 fully saturated rings. The van der Waals surface area contributed by atoms with E-state index in [9.17, 15) is 4.79 Å². The summed E-state index contributed by atoms with van der Waals surface area (Å²) >= 11 is 0. The number of aromatic nitrogens is 3. The van der Waals surface area contributed by atoms with Crippen molar-refractivity contribution in [2.75, 3.05) is 0 Å². The number of amides is 1. The molecular formula is C17H20N4O. The minimum absolute atomic E-state index is 0.118. The fourth-order valence-corrected chi connectivity index (χ4v) is 2.73. The second-order valence-electron chi connectivity index (χ2n) is 5.56. The zero-order chi connectivity index (χ0) is 15.2. The van der Waals surface area contributed by atoms with Gasteiger partial charge < -0.3 is 5.32 Å². The summed E-state index contributed by atoms with van der Waals surface area (Å²) in [5, 5.41) is 7.20. The molecule has 1 heterocycles. The number of rotatable bonds is 5. The van der Waals surface area contributed by atoms with Gasteiger partial charge >= 0.3 is 0 Å². The molecule has 2 aromatic rings. The van der Waals surface area contributed by atoms with Crippen LogP contribution in [0.3, 0.4) is 0 Å². The van der Waals surface area contributed by atoms with E-state index in [1.165, 1.54) is 6.33 Å². The summed E-state index contributed by atoms with van der Waals surface area (Å²) < 4.78 is 1.78. The highest BCUT2D eigenvalue weighted by atomic mass is 16.1. The van der Waals surface area contributed by atoms with Crippen molar-refractivity contribution in [1.82, 2.24) is 20.1 Å². The van der Waals surface area contributed by atoms with Crippen molar-refractivity contribution in [3.63, 3.8) is 0 Å². The van der Waals surface area contributed by atoms with Crippen LogP contribution in [0.1, 0.15) is 30.4 Å². The Morgan fingerprint density at radius 1 is 1.27 bits per heavy atom. The van der Waals surface area contributed by atoms with E-state index in [4.69, 9.17) is 0 Å². The van der Waals surface area contributed by atoms with Crippen LogP contribution in [0.15, 0.2) is 49.1 Å². The number of nitrogens with zero attached hydrogens (tertiary/aromatic N) is 3. The van der Waals surface area contributed by atoms with E-state index >= 15 is 0 Å². The van der Waals surface area contributed by atoms with E-state index in [0.29, 0.717) is 13.1 Å². The molecule has 1 aromatic carbocycles. The van der Waals surface area contributed by atoms with Crippen LogP contribution in [0.25, 0.3) is 0 Å². The summed E-state index contributed by atoms with van der Waals surface area (Å²) in [4.78, 5) is 16.2. The maximum Gasteiger partial charge on any atom is 0.223 e. The van der Waals surface area contributed by atoms with Crippen LogP contribution < -0.4 is 5.32 Å². The second kappa shape index (κ2) is 7.02. The fourth-order valence-electron chi connectivity index (χ4n) is 2.73. The number of carbonyl (C=O) groups is 1. The van der Waals surface area contributed by atoms with Crippen LogP contribution in [0, 0.1) is 5.92 Å². The van der Waals surface area contributed by atoms with Crippen LogP contribution in [0.5, 0.6) is 0 Å². The maximum atomic E-state index is 12.2. The van der Waals surface area contributed by atoms with Gasteiger partial charge in [0, 0.05) is 12.5 Å². The van der Waals surface area contributed by atoms with Crippen molar-refractivity contribution < 1.29 is 4.79 Å². The Hall–Kier alpha value is -2.43. The molecule has 114 valence electrons. The Bertz CT molecular complexity index is 648. The van der Waals surface area contributed by atoms with E-state index in [0.717, 1.165) is 30.4 Å². The molecule has 5 heteroatoms. The van der Waals surface area contributed by atoms with Gasteiger partial charge in [-0.25, -0.2) is 9.67 Å². The largest absolute Gasteiger partial charge is 0.352 e. The molecule has 1 amide bonds. The van der Waals surface area contributed by atoms with Gasteiger partial charge in [-0.15, -0.1) is 0 Å². The molecule has 0 saturated carbocycles. The minimum Gasteiger partial charge on any atom is -0.352 e. The normalized spacial score (nSPS) is 17.4. The van der Waals surface area contributed by atoms with Crippen molar-refractivity contribution in [3.05, 3.63) is 60.2 Å². The van der Waals surface area contributed by atoms with Crippen LogP contribution >= 0.6 is 0 Å². The van der Waals surface area contributed by atoms with Gasteiger partial charge in [0.2, 0.25) is 5.91 Å². The number of hydrogen-bond donors (Lipinski definition) is 1. The van der Waals surface area contributed by atoms with Gasteiger partial charge in [0.15, 0.2) is 0 Å². The number of nitrogens with one attached hydrogen (secondary N) is 1. The summed E-state index contributed by atoms with van der Waals surface area (Å²) in [6.07, 6.45) is 10.3. The van der Waals surface area contributed by atoms with Gasteiger partial charge in [0.1, 0.15) is 12.7 Å². The average Bonchev–Trinajstić information content (AvgIpc) is 3.07. The molecule has 0 spiro atoms. The molecule has 0 aliphatic heterocycles. The highest BCUT2D eigenvalue weighted by Gasteiger charge is 2.18. The van der Waals surface area contributed by atoms with Crippen molar-refractivity contribution >= 4 is 5.91 Å². The number of allylic oxidation sites excluding steroid dienone is 2. The Kier molecular flexibility index (Phi) is 4.63. The summed E-state index contributed by atoms with van der Waals surface area (Å²) in [6.45, 7) is 1.22. The van der Waals surface area contributed by atoms with Gasteiger partial charge in [-0.05, 0) is 30.4 Å². The van der Waals surface area contributed by atoms with E-state index in [1.54, 1.807) is 11.0 Å². The van der Waals surface area contributed by atoms with E-state index < -0.39 is 0 Å². The van der Waals surface area contributed by atoms with Crippen LogP contribution in [-0.2, 0) is 17.9 Å². The molecule has 22 heavy (non-hydrogen) atoms. The van der Waals surface area contributed by atoms with Crippen molar-refractivity contribution in [1.29, 1.82) is 0 Å². The topological polar surface area (TPSA) is 59.8 Å². The van der Waals surface area contributed by atoms with Crippen molar-refractivity contribution in [3.8, 4) is 0 Å². The first-order valence-corrected chi connectivity index (χ1v) is 7.65. The molecule has 1 aliphatic rings. The molecule has 1 N–H and O–H groups in total. The van der Waals surface area contributed by atoms with Gasteiger partial charge in [0.25, 0.3) is 0 Å².